The van der Waals surface area contributed by atoms with E-state index < -0.39 is 11.8 Å². The summed E-state index contributed by atoms with van der Waals surface area (Å²) in [6, 6.07) is 1.78. The molecule has 1 unspecified atom stereocenters. The molecule has 0 saturated heterocycles. The molecule has 10 heteroatoms. The Bertz CT molecular complexity index is 940. The molecule has 1 atom stereocenters. The monoisotopic (exact) mass is 429 g/mol. The van der Waals surface area contributed by atoms with Crippen molar-refractivity contribution >= 4 is 24.0 Å². The zero-order valence-electron chi connectivity index (χ0n) is 17.2. The number of hydrogen-bond donors (Lipinski definition) is 6. The highest BCUT2D eigenvalue weighted by molar-refractivity contribution is 5.87. The summed E-state index contributed by atoms with van der Waals surface area (Å²) in [7, 11) is 0. The van der Waals surface area contributed by atoms with Gasteiger partial charge < -0.3 is 26.5 Å². The Kier molecular flexibility index (Phi) is 5.90. The van der Waals surface area contributed by atoms with Crippen LogP contribution in [0.5, 0.6) is 0 Å². The molecule has 0 radical (unpaired) electrons. The Morgan fingerprint density at radius 1 is 1.26 bits per heavy atom. The zero-order valence-corrected chi connectivity index (χ0v) is 17.2. The Hall–Kier alpha value is -3.01. The predicted molar refractivity (Wildman–Crippen MR) is 116 cm³/mol. The number of aliphatic hydroxyl groups excluding tert-OH is 1. The molecule has 2 saturated carbocycles. The first-order valence-corrected chi connectivity index (χ1v) is 10.6. The van der Waals surface area contributed by atoms with Gasteiger partial charge in [-0.1, -0.05) is 0 Å². The van der Waals surface area contributed by atoms with Crippen LogP contribution >= 0.6 is 0 Å². The lowest BCUT2D eigenvalue weighted by atomic mass is 10.1. The number of H-pyrrole nitrogens is 1. The number of rotatable bonds is 13. The molecule has 2 aliphatic rings. The van der Waals surface area contributed by atoms with Crippen molar-refractivity contribution in [1.82, 2.24) is 20.5 Å². The molecule has 0 bridgehead atoms. The maximum atomic E-state index is 14.0. The van der Waals surface area contributed by atoms with E-state index in [1.54, 1.807) is 18.5 Å². The molecule has 9 nitrogen and oxygen atoms in total. The summed E-state index contributed by atoms with van der Waals surface area (Å²) in [6.45, 7) is 0.739. The van der Waals surface area contributed by atoms with E-state index in [9.17, 15) is 14.3 Å². The van der Waals surface area contributed by atoms with Gasteiger partial charge in [-0.15, -0.1) is 0 Å². The lowest BCUT2D eigenvalue weighted by molar-refractivity contribution is -0.110. The van der Waals surface area contributed by atoms with Gasteiger partial charge in [0.15, 0.2) is 0 Å². The van der Waals surface area contributed by atoms with Crippen LogP contribution in [0.4, 0.5) is 15.8 Å². The number of halogens is 1. The second-order valence-corrected chi connectivity index (χ2v) is 8.58. The van der Waals surface area contributed by atoms with Gasteiger partial charge in [0.2, 0.25) is 6.41 Å². The van der Waals surface area contributed by atoms with Gasteiger partial charge in [-0.3, -0.25) is 14.9 Å². The van der Waals surface area contributed by atoms with Crippen molar-refractivity contribution in [3.8, 4) is 11.4 Å². The molecule has 31 heavy (non-hydrogen) atoms. The third kappa shape index (κ3) is 5.19. The van der Waals surface area contributed by atoms with E-state index >= 15 is 0 Å². The number of amides is 1. The summed E-state index contributed by atoms with van der Waals surface area (Å²) < 4.78 is 14.0. The van der Waals surface area contributed by atoms with Crippen LogP contribution in [0, 0.1) is 5.41 Å². The molecule has 0 spiro atoms. The number of carbonyl (C=O) groups is 1. The number of carbonyl (C=O) groups excluding carboxylic acids is 1. The topological polar surface area (TPSA) is 139 Å². The molecular weight excluding hydrogens is 401 g/mol. The second kappa shape index (κ2) is 8.62. The van der Waals surface area contributed by atoms with Gasteiger partial charge in [0.05, 0.1) is 23.7 Å². The van der Waals surface area contributed by atoms with Gasteiger partial charge in [-0.25, -0.2) is 4.39 Å². The van der Waals surface area contributed by atoms with Crippen molar-refractivity contribution < 1.29 is 14.3 Å². The van der Waals surface area contributed by atoms with Crippen molar-refractivity contribution in [2.24, 2.45) is 0 Å². The predicted octanol–water partition coefficient (Wildman–Crippen LogP) is 2.21. The summed E-state index contributed by atoms with van der Waals surface area (Å²) in [4.78, 5) is 15.1. The highest BCUT2D eigenvalue weighted by Crippen LogP contribution is 2.40. The number of aliphatic hydroxyl groups is 1. The molecule has 2 aromatic heterocycles. The van der Waals surface area contributed by atoms with E-state index in [4.69, 9.17) is 5.41 Å². The van der Waals surface area contributed by atoms with Crippen LogP contribution in [0.2, 0.25) is 0 Å². The molecule has 166 valence electrons. The van der Waals surface area contributed by atoms with Crippen LogP contribution in [-0.4, -0.2) is 63.3 Å². The number of hydrogen-bond acceptors (Lipinski definition) is 7. The maximum absolute atomic E-state index is 14.0. The third-order valence-corrected chi connectivity index (χ3v) is 6.01. The second-order valence-electron chi connectivity index (χ2n) is 8.58. The molecule has 6 N–H and O–H groups in total. The number of alkyl halides is 1. The Morgan fingerprint density at radius 3 is 2.74 bits per heavy atom. The van der Waals surface area contributed by atoms with Crippen LogP contribution in [0.3, 0.4) is 0 Å². The Balaban J connectivity index is 1.37. The van der Waals surface area contributed by atoms with Gasteiger partial charge in [0, 0.05) is 42.3 Å². The molecule has 0 aromatic carbocycles. The fraction of sp³-hybridized carbons (Fsp3) is 0.524. The van der Waals surface area contributed by atoms with Gasteiger partial charge in [0.1, 0.15) is 11.4 Å². The third-order valence-electron chi connectivity index (χ3n) is 6.01. The van der Waals surface area contributed by atoms with Crippen LogP contribution in [0.15, 0.2) is 18.5 Å². The van der Waals surface area contributed by atoms with Crippen LogP contribution < -0.4 is 16.0 Å². The minimum absolute atomic E-state index is 0.212. The lowest BCUT2D eigenvalue weighted by Crippen LogP contribution is -2.34. The maximum Gasteiger partial charge on any atom is 0.207 e. The highest BCUT2D eigenvalue weighted by Gasteiger charge is 2.44. The van der Waals surface area contributed by atoms with Crippen LogP contribution in [0.25, 0.3) is 11.4 Å². The first kappa shape index (κ1) is 21.2. The van der Waals surface area contributed by atoms with Crippen molar-refractivity contribution in [2.75, 3.05) is 23.7 Å². The average Bonchev–Trinajstić information content (AvgIpc) is 3.64. The molecule has 4 rings (SSSR count). The lowest BCUT2D eigenvalue weighted by Gasteiger charge is -2.19. The Labute approximate surface area is 179 Å². The summed E-state index contributed by atoms with van der Waals surface area (Å²) in [6.07, 6.45) is 8.60. The van der Waals surface area contributed by atoms with E-state index in [2.05, 4.69) is 31.1 Å². The minimum Gasteiger partial charge on any atom is -0.393 e. The number of nitrogens with one attached hydrogen (secondary N) is 5. The van der Waals surface area contributed by atoms with Crippen molar-refractivity contribution in [3.05, 3.63) is 24.0 Å². The van der Waals surface area contributed by atoms with Gasteiger partial charge in [-0.05, 0) is 44.6 Å². The van der Waals surface area contributed by atoms with E-state index in [0.717, 1.165) is 18.5 Å². The van der Waals surface area contributed by atoms with Gasteiger partial charge in [-0.2, -0.15) is 5.10 Å². The fourth-order valence-corrected chi connectivity index (χ4v) is 3.66. The van der Waals surface area contributed by atoms with Gasteiger partial charge >= 0.3 is 0 Å². The Morgan fingerprint density at radius 2 is 2.06 bits per heavy atom. The first-order valence-electron chi connectivity index (χ1n) is 10.6. The molecule has 2 fully saturated rings. The summed E-state index contributed by atoms with van der Waals surface area (Å²) in [5.41, 5.74) is 1.89. The largest absolute Gasteiger partial charge is 0.393 e. The molecule has 2 aliphatic carbocycles. The molecular formula is C21H28FN7O2. The smallest absolute Gasteiger partial charge is 0.207 e. The van der Waals surface area contributed by atoms with E-state index in [1.165, 1.54) is 6.21 Å². The summed E-state index contributed by atoms with van der Waals surface area (Å²) >= 11 is 0. The first-order chi connectivity index (χ1) is 15.0. The number of pyridine rings is 1. The highest BCUT2D eigenvalue weighted by atomic mass is 19.1. The normalized spacial score (nSPS) is 18.6. The zero-order chi connectivity index (χ0) is 21.9. The minimum atomic E-state index is -1.15. The number of aromatic nitrogens is 3. The molecule has 0 aliphatic heterocycles. The van der Waals surface area contributed by atoms with E-state index in [0.29, 0.717) is 61.3 Å². The molecule has 1 amide bonds. The number of anilines is 2. The molecule has 2 heterocycles. The van der Waals surface area contributed by atoms with Crippen molar-refractivity contribution in [1.29, 1.82) is 5.41 Å². The van der Waals surface area contributed by atoms with Crippen molar-refractivity contribution in [2.45, 2.75) is 55.8 Å². The summed E-state index contributed by atoms with van der Waals surface area (Å²) in [5.74, 6) is 0. The summed E-state index contributed by atoms with van der Waals surface area (Å²) in [5, 5.41) is 34.1. The van der Waals surface area contributed by atoms with Crippen LogP contribution in [0.1, 0.15) is 44.1 Å². The number of nitrogens with zero attached hydrogens (tertiary/aromatic N) is 2. The fourth-order valence-electron chi connectivity index (χ4n) is 3.66. The quantitative estimate of drug-likeness (QED) is 0.213. The van der Waals surface area contributed by atoms with Crippen LogP contribution in [-0.2, 0) is 4.79 Å². The number of aromatic amines is 1. The average molecular weight is 430 g/mol. The molecule has 2 aromatic rings. The SMILES string of the molecule is N=Cc1cnc(-c2[nH]ncc2NCCC(O)CC2(NC=O)CC2)cc1NCC1(F)CC1. The van der Waals surface area contributed by atoms with E-state index in [1.807, 2.05) is 0 Å². The van der Waals surface area contributed by atoms with E-state index in [-0.39, 0.29) is 12.1 Å². The van der Waals surface area contributed by atoms with Gasteiger partial charge in [0.25, 0.3) is 0 Å². The van der Waals surface area contributed by atoms with Crippen molar-refractivity contribution in [3.63, 3.8) is 0 Å². The standard InChI is InChI=1S/C21H28FN7O2/c22-20(2-3-20)12-26-16-7-17(25-10-14(16)9-23)19-18(11-28-29-19)24-6-1-15(31)8-21(4-5-21)27-13-30/h7,9-11,13,15,23-24,31H,1-6,8,12H2,(H,25,26)(H,27,30)(H,28,29).